The molecule has 1 aromatic carbocycles. The summed E-state index contributed by atoms with van der Waals surface area (Å²) in [7, 11) is 0. The first-order valence-electron chi connectivity index (χ1n) is 8.23. The van der Waals surface area contributed by atoms with E-state index in [1.54, 1.807) is 6.20 Å². The van der Waals surface area contributed by atoms with Crippen molar-refractivity contribution in [3.05, 3.63) is 60.2 Å². The Labute approximate surface area is 141 Å². The maximum absolute atomic E-state index is 12.2. The molecule has 1 saturated heterocycles. The molecule has 1 aromatic heterocycles. The molecular weight excluding hydrogens is 304 g/mol. The van der Waals surface area contributed by atoms with E-state index in [2.05, 4.69) is 32.3 Å². The van der Waals surface area contributed by atoms with Crippen LogP contribution < -0.4 is 5.32 Å². The smallest absolute Gasteiger partial charge is 0.271 e. The second-order valence-corrected chi connectivity index (χ2v) is 5.79. The monoisotopic (exact) mass is 326 g/mol. The van der Waals surface area contributed by atoms with Crippen molar-refractivity contribution in [3.63, 3.8) is 0 Å². The molecule has 1 unspecified atom stereocenters. The molecule has 3 rings (SSSR count). The van der Waals surface area contributed by atoms with Crippen molar-refractivity contribution in [1.82, 2.24) is 20.2 Å². The van der Waals surface area contributed by atoms with Gasteiger partial charge in [0.15, 0.2) is 0 Å². The topological polar surface area (TPSA) is 67.4 Å². The van der Waals surface area contributed by atoms with Crippen LogP contribution in [0.3, 0.4) is 0 Å². The summed E-state index contributed by atoms with van der Waals surface area (Å²) in [5.74, 6) is -0.186. The van der Waals surface area contributed by atoms with Crippen molar-refractivity contribution in [2.45, 2.75) is 12.5 Å². The van der Waals surface area contributed by atoms with Crippen LogP contribution in [-0.2, 0) is 11.2 Å². The molecule has 0 spiro atoms. The number of benzene rings is 1. The number of ether oxygens (including phenoxy) is 1. The molecule has 0 saturated carbocycles. The van der Waals surface area contributed by atoms with Crippen molar-refractivity contribution in [2.75, 3.05) is 32.8 Å². The molecule has 1 fully saturated rings. The lowest BCUT2D eigenvalue weighted by atomic mass is 10.0. The van der Waals surface area contributed by atoms with Crippen molar-refractivity contribution < 1.29 is 9.53 Å². The Hall–Kier alpha value is -2.31. The number of carbonyl (C=O) groups is 1. The van der Waals surface area contributed by atoms with Gasteiger partial charge < -0.3 is 10.1 Å². The maximum atomic E-state index is 12.2. The van der Waals surface area contributed by atoms with E-state index in [0.29, 0.717) is 12.2 Å². The third-order valence-electron chi connectivity index (χ3n) is 4.17. The summed E-state index contributed by atoms with van der Waals surface area (Å²) in [5.41, 5.74) is 1.61. The van der Waals surface area contributed by atoms with Gasteiger partial charge in [0.2, 0.25) is 0 Å². The summed E-state index contributed by atoms with van der Waals surface area (Å²) in [6, 6.07) is 10.6. The number of carbonyl (C=O) groups excluding carboxylic acids is 1. The fourth-order valence-electron chi connectivity index (χ4n) is 2.88. The van der Waals surface area contributed by atoms with E-state index in [-0.39, 0.29) is 11.9 Å². The number of nitrogens with zero attached hydrogens (tertiary/aromatic N) is 3. The number of aromatic nitrogens is 2. The normalized spacial score (nSPS) is 16.5. The Kier molecular flexibility index (Phi) is 5.87. The summed E-state index contributed by atoms with van der Waals surface area (Å²) >= 11 is 0. The number of hydrogen-bond acceptors (Lipinski definition) is 5. The lowest BCUT2D eigenvalue weighted by Crippen LogP contribution is -2.49. The van der Waals surface area contributed by atoms with E-state index in [4.69, 9.17) is 4.74 Å². The predicted molar refractivity (Wildman–Crippen MR) is 90.7 cm³/mol. The van der Waals surface area contributed by atoms with E-state index in [0.717, 1.165) is 32.7 Å². The van der Waals surface area contributed by atoms with Crippen LogP contribution in [0.15, 0.2) is 48.9 Å². The molecule has 24 heavy (non-hydrogen) atoms. The van der Waals surface area contributed by atoms with E-state index in [1.165, 1.54) is 18.0 Å². The highest BCUT2D eigenvalue weighted by atomic mass is 16.5. The van der Waals surface area contributed by atoms with E-state index in [9.17, 15) is 4.79 Å². The highest BCUT2D eigenvalue weighted by Crippen LogP contribution is 2.11. The van der Waals surface area contributed by atoms with Crippen molar-refractivity contribution in [1.29, 1.82) is 0 Å². The predicted octanol–water partition coefficient (Wildman–Crippen LogP) is 1.15. The summed E-state index contributed by atoms with van der Waals surface area (Å²) in [6.45, 7) is 3.83. The molecule has 1 amide bonds. The summed E-state index contributed by atoms with van der Waals surface area (Å²) in [4.78, 5) is 22.6. The first kappa shape index (κ1) is 16.5. The molecule has 6 nitrogen and oxygen atoms in total. The number of amides is 1. The first-order valence-corrected chi connectivity index (χ1v) is 8.23. The lowest BCUT2D eigenvalue weighted by molar-refractivity contribution is 0.0167. The van der Waals surface area contributed by atoms with Crippen LogP contribution in [0.5, 0.6) is 0 Å². The molecule has 126 valence electrons. The molecule has 1 aliphatic heterocycles. The zero-order valence-corrected chi connectivity index (χ0v) is 13.6. The SMILES string of the molecule is O=C(NCC(Cc1ccccc1)N1CCOCC1)c1cnccn1. The number of nitrogens with one attached hydrogen (secondary N) is 1. The summed E-state index contributed by atoms with van der Waals surface area (Å²) < 4.78 is 5.45. The highest BCUT2D eigenvalue weighted by Gasteiger charge is 2.22. The average molecular weight is 326 g/mol. The van der Waals surface area contributed by atoms with Gasteiger partial charge in [0.05, 0.1) is 19.4 Å². The van der Waals surface area contributed by atoms with Crippen molar-refractivity contribution in [3.8, 4) is 0 Å². The zero-order chi connectivity index (χ0) is 16.6. The fourth-order valence-corrected chi connectivity index (χ4v) is 2.88. The number of hydrogen-bond donors (Lipinski definition) is 1. The molecule has 2 heterocycles. The highest BCUT2D eigenvalue weighted by molar-refractivity contribution is 5.91. The number of morpholine rings is 1. The molecule has 1 aliphatic rings. The van der Waals surface area contributed by atoms with Gasteiger partial charge in [0.1, 0.15) is 5.69 Å². The van der Waals surface area contributed by atoms with Crippen LogP contribution in [0, 0.1) is 0 Å². The van der Waals surface area contributed by atoms with Crippen LogP contribution >= 0.6 is 0 Å². The second kappa shape index (κ2) is 8.52. The van der Waals surface area contributed by atoms with E-state index in [1.807, 2.05) is 18.2 Å². The molecular formula is C18H22N4O2. The molecule has 1 atom stereocenters. The van der Waals surface area contributed by atoms with Gasteiger partial charge in [-0.3, -0.25) is 14.7 Å². The van der Waals surface area contributed by atoms with Crippen molar-refractivity contribution >= 4 is 5.91 Å². The van der Waals surface area contributed by atoms with Gasteiger partial charge >= 0.3 is 0 Å². The van der Waals surface area contributed by atoms with E-state index >= 15 is 0 Å². The quantitative estimate of drug-likeness (QED) is 0.862. The van der Waals surface area contributed by atoms with Gasteiger partial charge in [-0.15, -0.1) is 0 Å². The maximum Gasteiger partial charge on any atom is 0.271 e. The van der Waals surface area contributed by atoms with Crippen LogP contribution in [0.2, 0.25) is 0 Å². The van der Waals surface area contributed by atoms with Crippen LogP contribution in [0.25, 0.3) is 0 Å². The average Bonchev–Trinajstić information content (AvgIpc) is 2.67. The zero-order valence-electron chi connectivity index (χ0n) is 13.6. The van der Waals surface area contributed by atoms with Crippen LogP contribution in [-0.4, -0.2) is 59.7 Å². The van der Waals surface area contributed by atoms with Gasteiger partial charge in [0.25, 0.3) is 5.91 Å². The Morgan fingerprint density at radius 1 is 1.21 bits per heavy atom. The lowest BCUT2D eigenvalue weighted by Gasteiger charge is -2.34. The Balaban J connectivity index is 1.64. The van der Waals surface area contributed by atoms with Gasteiger partial charge in [0, 0.05) is 38.1 Å². The van der Waals surface area contributed by atoms with Gasteiger partial charge in [-0.1, -0.05) is 30.3 Å². The second-order valence-electron chi connectivity index (χ2n) is 5.79. The summed E-state index contributed by atoms with van der Waals surface area (Å²) in [6.07, 6.45) is 5.46. The Bertz CT molecular complexity index is 630. The molecule has 1 N–H and O–H groups in total. The van der Waals surface area contributed by atoms with Crippen LogP contribution in [0.1, 0.15) is 16.1 Å². The third-order valence-corrected chi connectivity index (χ3v) is 4.17. The van der Waals surface area contributed by atoms with Crippen molar-refractivity contribution in [2.24, 2.45) is 0 Å². The molecule has 0 radical (unpaired) electrons. The fraction of sp³-hybridized carbons (Fsp3) is 0.389. The largest absolute Gasteiger partial charge is 0.379 e. The molecule has 0 bridgehead atoms. The molecule has 6 heteroatoms. The molecule has 2 aromatic rings. The van der Waals surface area contributed by atoms with Gasteiger partial charge in [-0.2, -0.15) is 0 Å². The van der Waals surface area contributed by atoms with Gasteiger partial charge in [-0.25, -0.2) is 4.98 Å². The molecule has 0 aliphatic carbocycles. The van der Waals surface area contributed by atoms with Crippen LogP contribution in [0.4, 0.5) is 0 Å². The number of rotatable bonds is 6. The first-order chi connectivity index (χ1) is 11.8. The minimum atomic E-state index is -0.186. The third kappa shape index (κ3) is 4.59. The Morgan fingerprint density at radius 2 is 2.00 bits per heavy atom. The van der Waals surface area contributed by atoms with Gasteiger partial charge in [-0.05, 0) is 12.0 Å². The van der Waals surface area contributed by atoms with E-state index < -0.39 is 0 Å². The standard InChI is InChI=1S/C18H22N4O2/c23-18(17-14-19-6-7-20-17)21-13-16(22-8-10-24-11-9-22)12-15-4-2-1-3-5-15/h1-7,14,16H,8-13H2,(H,21,23). The minimum absolute atomic E-state index is 0.186. The summed E-state index contributed by atoms with van der Waals surface area (Å²) in [5, 5.41) is 2.99. The minimum Gasteiger partial charge on any atom is -0.379 e. The Morgan fingerprint density at radius 3 is 2.71 bits per heavy atom.